The second-order valence-electron chi connectivity index (χ2n) is 7.40. The molecular weight excluding hydrogens is 390 g/mol. The Kier molecular flexibility index (Phi) is 4.83. The number of rotatable bonds is 5. The Morgan fingerprint density at radius 3 is 2.72 bits per heavy atom. The number of nitro groups is 1. The zero-order valence-electron chi connectivity index (χ0n) is 16.0. The highest BCUT2D eigenvalue weighted by Gasteiger charge is 2.34. The summed E-state index contributed by atoms with van der Waals surface area (Å²) in [6.07, 6.45) is 0.837. The first kappa shape index (κ1) is 19.1. The van der Waals surface area contributed by atoms with E-state index in [1.165, 1.54) is 29.5 Å². The van der Waals surface area contributed by atoms with E-state index in [4.69, 9.17) is 0 Å². The quantitative estimate of drug-likeness (QED) is 0.390. The van der Waals surface area contributed by atoms with Gasteiger partial charge in [0.25, 0.3) is 5.69 Å². The average Bonchev–Trinajstić information content (AvgIpc) is 3.12. The Labute approximate surface area is 171 Å². The zero-order chi connectivity index (χ0) is 20.6. The molecule has 1 N–H and O–H groups in total. The van der Waals surface area contributed by atoms with Crippen LogP contribution in [0.25, 0.3) is 11.4 Å². The fourth-order valence-electron chi connectivity index (χ4n) is 3.58. The van der Waals surface area contributed by atoms with Crippen LogP contribution < -0.4 is 5.32 Å². The number of benzene rings is 2. The van der Waals surface area contributed by atoms with Crippen LogP contribution in [-0.4, -0.2) is 31.3 Å². The first-order valence-corrected chi connectivity index (χ1v) is 10.1. The maximum absolute atomic E-state index is 12.4. The molecule has 1 aromatic heterocycles. The van der Waals surface area contributed by atoms with Gasteiger partial charge in [-0.2, -0.15) is 0 Å². The Morgan fingerprint density at radius 1 is 1.21 bits per heavy atom. The second-order valence-corrected chi connectivity index (χ2v) is 8.34. The van der Waals surface area contributed by atoms with Gasteiger partial charge in [-0.1, -0.05) is 48.2 Å². The van der Waals surface area contributed by atoms with Crippen LogP contribution in [0.1, 0.15) is 19.4 Å². The minimum absolute atomic E-state index is 0.0713. The average molecular weight is 409 g/mol. The van der Waals surface area contributed by atoms with Crippen LogP contribution in [0.15, 0.2) is 53.7 Å². The molecule has 1 amide bonds. The van der Waals surface area contributed by atoms with Gasteiger partial charge in [0.2, 0.25) is 5.91 Å². The van der Waals surface area contributed by atoms with Crippen molar-refractivity contribution in [1.82, 2.24) is 14.8 Å². The predicted octanol–water partition coefficient (Wildman–Crippen LogP) is 3.88. The van der Waals surface area contributed by atoms with Crippen molar-refractivity contribution in [3.63, 3.8) is 0 Å². The molecule has 0 radical (unpaired) electrons. The van der Waals surface area contributed by atoms with Crippen molar-refractivity contribution in [1.29, 1.82) is 0 Å². The molecule has 0 spiro atoms. The number of carbonyl (C=O) groups excluding carboxylic acids is 1. The summed E-state index contributed by atoms with van der Waals surface area (Å²) < 4.78 is 2.07. The summed E-state index contributed by atoms with van der Waals surface area (Å²) in [5.74, 6) is 0.524. The van der Waals surface area contributed by atoms with Crippen molar-refractivity contribution in [2.75, 3.05) is 11.1 Å². The van der Waals surface area contributed by atoms with Gasteiger partial charge in [0, 0.05) is 17.2 Å². The normalized spacial score (nSPS) is 14.0. The number of carbonyl (C=O) groups is 1. The number of nitrogens with one attached hydrogen (secondary N) is 1. The Morgan fingerprint density at radius 2 is 1.93 bits per heavy atom. The van der Waals surface area contributed by atoms with Gasteiger partial charge in [0.1, 0.15) is 5.69 Å². The minimum Gasteiger partial charge on any atom is -0.320 e. The summed E-state index contributed by atoms with van der Waals surface area (Å²) >= 11 is 1.27. The number of fused-ring (bicyclic) bond motifs is 3. The van der Waals surface area contributed by atoms with E-state index >= 15 is 0 Å². The zero-order valence-corrected chi connectivity index (χ0v) is 16.8. The number of hydrogen-bond acceptors (Lipinski definition) is 6. The Bertz CT molecular complexity index is 1110. The summed E-state index contributed by atoms with van der Waals surface area (Å²) in [6.45, 7) is 4.24. The standard InChI is InChI=1S/C20H19N5O3S/c1-20(2)11-13-7-3-4-8-14(13)18-22-23-19(24(18)20)29-12-17(26)21-15-9-5-6-10-16(15)25(27)28/h3-10H,11-12H2,1-2H3,(H,21,26). The highest BCUT2D eigenvalue weighted by Crippen LogP contribution is 2.39. The lowest BCUT2D eigenvalue weighted by atomic mass is 9.87. The molecule has 0 atom stereocenters. The van der Waals surface area contributed by atoms with E-state index in [1.54, 1.807) is 12.1 Å². The van der Waals surface area contributed by atoms with E-state index in [0.717, 1.165) is 17.8 Å². The van der Waals surface area contributed by atoms with E-state index < -0.39 is 4.92 Å². The van der Waals surface area contributed by atoms with Gasteiger partial charge >= 0.3 is 0 Å². The Hall–Kier alpha value is -3.20. The largest absolute Gasteiger partial charge is 0.320 e. The highest BCUT2D eigenvalue weighted by atomic mass is 32.2. The van der Waals surface area contributed by atoms with Gasteiger partial charge in [-0.3, -0.25) is 19.5 Å². The number of hydrogen-bond donors (Lipinski definition) is 1. The molecule has 1 aliphatic heterocycles. The predicted molar refractivity (Wildman–Crippen MR) is 111 cm³/mol. The molecule has 0 fully saturated rings. The van der Waals surface area contributed by atoms with Gasteiger partial charge in [-0.15, -0.1) is 10.2 Å². The van der Waals surface area contributed by atoms with Crippen LogP contribution >= 0.6 is 11.8 Å². The molecule has 2 heterocycles. The van der Waals surface area contributed by atoms with Gasteiger partial charge in [-0.25, -0.2) is 0 Å². The summed E-state index contributed by atoms with van der Waals surface area (Å²) in [5, 5.41) is 23.0. The van der Waals surface area contributed by atoms with E-state index in [9.17, 15) is 14.9 Å². The minimum atomic E-state index is -0.516. The molecule has 0 saturated heterocycles. The summed E-state index contributed by atoms with van der Waals surface area (Å²) in [5.41, 5.74) is 2.09. The number of para-hydroxylation sites is 2. The molecule has 4 rings (SSSR count). The third kappa shape index (κ3) is 3.61. The van der Waals surface area contributed by atoms with Crippen molar-refractivity contribution in [2.45, 2.75) is 31.0 Å². The third-order valence-corrected chi connectivity index (χ3v) is 5.76. The van der Waals surface area contributed by atoms with E-state index in [2.05, 4.69) is 40.0 Å². The maximum Gasteiger partial charge on any atom is 0.292 e. The molecule has 0 bridgehead atoms. The van der Waals surface area contributed by atoms with Crippen LogP contribution in [0.3, 0.4) is 0 Å². The summed E-state index contributed by atoms with van der Waals surface area (Å²) in [6, 6.07) is 14.2. The van der Waals surface area contributed by atoms with Crippen molar-refractivity contribution in [2.24, 2.45) is 0 Å². The van der Waals surface area contributed by atoms with E-state index in [-0.39, 0.29) is 28.6 Å². The number of nitro benzene ring substituents is 1. The lowest BCUT2D eigenvalue weighted by Crippen LogP contribution is -2.33. The topological polar surface area (TPSA) is 103 Å². The molecule has 0 unspecified atom stereocenters. The van der Waals surface area contributed by atoms with E-state index in [0.29, 0.717) is 5.16 Å². The Balaban J connectivity index is 1.53. The molecule has 3 aromatic rings. The number of aromatic nitrogens is 3. The molecule has 29 heavy (non-hydrogen) atoms. The van der Waals surface area contributed by atoms with Crippen LogP contribution in [0, 0.1) is 10.1 Å². The van der Waals surface area contributed by atoms with Crippen molar-refractivity contribution in [3.05, 3.63) is 64.2 Å². The molecule has 9 heteroatoms. The number of amides is 1. The lowest BCUT2D eigenvalue weighted by molar-refractivity contribution is -0.383. The SMILES string of the molecule is CC1(C)Cc2ccccc2-c2nnc(SCC(=O)Nc3ccccc3[N+](=O)[O-])n21. The van der Waals surface area contributed by atoms with Crippen molar-refractivity contribution in [3.8, 4) is 11.4 Å². The smallest absolute Gasteiger partial charge is 0.292 e. The van der Waals surface area contributed by atoms with Gasteiger partial charge in [0.15, 0.2) is 11.0 Å². The third-order valence-electron chi connectivity index (χ3n) is 4.83. The van der Waals surface area contributed by atoms with Gasteiger partial charge in [0.05, 0.1) is 10.7 Å². The lowest BCUT2D eigenvalue weighted by Gasteiger charge is -2.34. The highest BCUT2D eigenvalue weighted by molar-refractivity contribution is 7.99. The van der Waals surface area contributed by atoms with Crippen molar-refractivity contribution >= 4 is 29.0 Å². The maximum atomic E-state index is 12.4. The van der Waals surface area contributed by atoms with Crippen LogP contribution in [0.2, 0.25) is 0 Å². The number of anilines is 1. The van der Waals surface area contributed by atoms with Crippen molar-refractivity contribution < 1.29 is 9.72 Å². The van der Waals surface area contributed by atoms with E-state index in [1.807, 2.05) is 18.2 Å². The molecule has 1 aliphatic rings. The first-order chi connectivity index (χ1) is 13.9. The van der Waals surface area contributed by atoms with Gasteiger partial charge in [-0.05, 0) is 31.9 Å². The van der Waals surface area contributed by atoms with Crippen LogP contribution in [0.5, 0.6) is 0 Å². The molecule has 2 aromatic carbocycles. The first-order valence-electron chi connectivity index (χ1n) is 9.07. The van der Waals surface area contributed by atoms with Crippen LogP contribution in [-0.2, 0) is 16.8 Å². The monoisotopic (exact) mass is 409 g/mol. The van der Waals surface area contributed by atoms with Crippen LogP contribution in [0.4, 0.5) is 11.4 Å². The summed E-state index contributed by atoms with van der Waals surface area (Å²) in [4.78, 5) is 23.0. The molecule has 8 nitrogen and oxygen atoms in total. The molecular formula is C20H19N5O3S. The summed E-state index contributed by atoms with van der Waals surface area (Å²) in [7, 11) is 0. The fraction of sp³-hybridized carbons (Fsp3) is 0.250. The molecule has 0 aliphatic carbocycles. The fourth-order valence-corrected chi connectivity index (χ4v) is 4.47. The molecule has 0 saturated carbocycles. The molecule has 148 valence electrons. The number of thioether (sulfide) groups is 1. The van der Waals surface area contributed by atoms with Gasteiger partial charge < -0.3 is 5.32 Å². The second kappa shape index (κ2) is 7.32. The number of nitrogens with zero attached hydrogens (tertiary/aromatic N) is 4.